The Labute approximate surface area is 95.7 Å². The molecule has 0 aliphatic rings. The van der Waals surface area contributed by atoms with Gasteiger partial charge in [-0.2, -0.15) is 0 Å². The summed E-state index contributed by atoms with van der Waals surface area (Å²) in [5.41, 5.74) is -0.250. The molecule has 0 saturated carbocycles. The van der Waals surface area contributed by atoms with Crippen molar-refractivity contribution in [3.05, 3.63) is 53.6 Å². The van der Waals surface area contributed by atoms with Crippen molar-refractivity contribution < 1.29 is 23.5 Å². The monoisotopic (exact) mass is 238 g/mol. The van der Waals surface area contributed by atoms with Crippen LogP contribution in [0.5, 0.6) is 0 Å². The van der Waals surface area contributed by atoms with E-state index in [2.05, 4.69) is 0 Å². The maximum atomic E-state index is 13.1. The molecule has 3 nitrogen and oxygen atoms in total. The number of hydrogen-bond donors (Lipinski definition) is 1. The van der Waals surface area contributed by atoms with Crippen LogP contribution in [-0.4, -0.2) is 16.9 Å². The second-order valence-corrected chi connectivity index (χ2v) is 3.02. The van der Waals surface area contributed by atoms with Gasteiger partial charge in [0.2, 0.25) is 0 Å². The number of carbonyl (C=O) groups excluding carboxylic acids is 1. The number of rotatable bonds is 4. The molecule has 1 N–H and O–H groups in total. The Balaban J connectivity index is 2.79. The van der Waals surface area contributed by atoms with E-state index in [1.165, 1.54) is 12.1 Å². The zero-order chi connectivity index (χ0) is 12.8. The van der Waals surface area contributed by atoms with Gasteiger partial charge < -0.3 is 5.11 Å². The second-order valence-electron chi connectivity index (χ2n) is 3.02. The lowest BCUT2D eigenvalue weighted by Crippen LogP contribution is -2.08. The van der Waals surface area contributed by atoms with Crippen LogP contribution in [0.4, 0.5) is 8.78 Å². The van der Waals surface area contributed by atoms with Crippen molar-refractivity contribution >= 4 is 17.8 Å². The summed E-state index contributed by atoms with van der Waals surface area (Å²) in [6, 6.07) is 3.41. The van der Waals surface area contributed by atoms with Crippen molar-refractivity contribution in [1.82, 2.24) is 0 Å². The minimum absolute atomic E-state index is 0.250. The summed E-state index contributed by atoms with van der Waals surface area (Å²) in [6.07, 6.45) is 4.18. The minimum Gasteiger partial charge on any atom is -0.475 e. The van der Waals surface area contributed by atoms with Crippen molar-refractivity contribution in [2.24, 2.45) is 0 Å². The van der Waals surface area contributed by atoms with Gasteiger partial charge in [0, 0.05) is 5.56 Å². The minimum atomic E-state index is -1.59. The first kappa shape index (κ1) is 12.8. The molecule has 1 rings (SSSR count). The van der Waals surface area contributed by atoms with Crippen molar-refractivity contribution in [1.29, 1.82) is 0 Å². The molecule has 1 aromatic carbocycles. The Bertz CT molecular complexity index is 484. The highest BCUT2D eigenvalue weighted by atomic mass is 19.1. The standard InChI is InChI=1S/C12H8F2O3/c13-9-5-3-6-10(14)8(9)4-1-2-7-11(15)12(16)17/h1-7H,(H,16,17)/b4-1+,7-2+. The molecule has 0 unspecified atom stereocenters. The zero-order valence-electron chi connectivity index (χ0n) is 8.56. The lowest BCUT2D eigenvalue weighted by atomic mass is 10.2. The molecule has 5 heteroatoms. The van der Waals surface area contributed by atoms with Crippen LogP contribution in [0.3, 0.4) is 0 Å². The predicted molar refractivity (Wildman–Crippen MR) is 57.2 cm³/mol. The quantitative estimate of drug-likeness (QED) is 0.497. The maximum absolute atomic E-state index is 13.1. The largest absolute Gasteiger partial charge is 0.475 e. The highest BCUT2D eigenvalue weighted by Gasteiger charge is 2.05. The first-order valence-electron chi connectivity index (χ1n) is 4.58. The fourth-order valence-electron chi connectivity index (χ4n) is 1.04. The lowest BCUT2D eigenvalue weighted by molar-refractivity contribution is -0.146. The highest BCUT2D eigenvalue weighted by Crippen LogP contribution is 2.13. The van der Waals surface area contributed by atoms with Crippen molar-refractivity contribution in [2.75, 3.05) is 0 Å². The molecule has 0 bridgehead atoms. The van der Waals surface area contributed by atoms with Gasteiger partial charge in [0.05, 0.1) is 0 Å². The van der Waals surface area contributed by atoms with Gasteiger partial charge in [0.1, 0.15) is 11.6 Å². The molecule has 17 heavy (non-hydrogen) atoms. The van der Waals surface area contributed by atoms with E-state index in [9.17, 15) is 18.4 Å². The van der Waals surface area contributed by atoms with E-state index < -0.39 is 23.4 Å². The molecule has 0 heterocycles. The van der Waals surface area contributed by atoms with Crippen molar-refractivity contribution in [3.63, 3.8) is 0 Å². The fraction of sp³-hybridized carbons (Fsp3) is 0. The third kappa shape index (κ3) is 3.64. The summed E-state index contributed by atoms with van der Waals surface area (Å²) in [5, 5.41) is 8.24. The number of hydrogen-bond acceptors (Lipinski definition) is 2. The van der Waals surface area contributed by atoms with Crippen LogP contribution in [0.15, 0.2) is 36.4 Å². The number of halogens is 2. The maximum Gasteiger partial charge on any atom is 0.376 e. The van der Waals surface area contributed by atoms with E-state index >= 15 is 0 Å². The first-order valence-corrected chi connectivity index (χ1v) is 4.58. The molecule has 0 fully saturated rings. The van der Waals surface area contributed by atoms with E-state index in [4.69, 9.17) is 5.11 Å². The molecule has 0 aliphatic carbocycles. The Hall–Kier alpha value is -2.30. The number of benzene rings is 1. The van der Waals surface area contributed by atoms with Crippen LogP contribution in [-0.2, 0) is 9.59 Å². The molecule has 0 spiro atoms. The molecule has 0 atom stereocenters. The predicted octanol–water partition coefficient (Wildman–Crippen LogP) is 2.19. The summed E-state index contributed by atoms with van der Waals surface area (Å²) in [7, 11) is 0. The number of carboxylic acids is 1. The second kappa shape index (κ2) is 5.69. The Morgan fingerprint density at radius 2 is 1.71 bits per heavy atom. The van der Waals surface area contributed by atoms with Gasteiger partial charge in [-0.25, -0.2) is 13.6 Å². The highest BCUT2D eigenvalue weighted by molar-refractivity contribution is 6.37. The smallest absolute Gasteiger partial charge is 0.376 e. The third-order valence-electron chi connectivity index (χ3n) is 1.83. The van der Waals surface area contributed by atoms with Crippen LogP contribution >= 0.6 is 0 Å². The Kier molecular flexibility index (Phi) is 4.28. The normalized spacial score (nSPS) is 11.2. The summed E-state index contributed by atoms with van der Waals surface area (Å²) in [6.45, 7) is 0. The Morgan fingerprint density at radius 3 is 2.24 bits per heavy atom. The number of carboxylic acid groups (broad SMARTS) is 1. The SMILES string of the molecule is O=C(O)C(=O)/C=C/C=C/c1c(F)cccc1F. The number of allylic oxidation sites excluding steroid dienone is 2. The fourth-order valence-corrected chi connectivity index (χ4v) is 1.04. The van der Waals surface area contributed by atoms with Gasteiger partial charge in [-0.15, -0.1) is 0 Å². The zero-order valence-corrected chi connectivity index (χ0v) is 8.56. The molecule has 0 amide bonds. The molecule has 88 valence electrons. The summed E-state index contributed by atoms with van der Waals surface area (Å²) in [4.78, 5) is 20.7. The summed E-state index contributed by atoms with van der Waals surface area (Å²) < 4.78 is 26.2. The molecule has 0 aromatic heterocycles. The van der Waals surface area contributed by atoms with Crippen LogP contribution < -0.4 is 0 Å². The lowest BCUT2D eigenvalue weighted by Gasteiger charge is -1.96. The van der Waals surface area contributed by atoms with Gasteiger partial charge in [0.15, 0.2) is 0 Å². The molecule has 1 aromatic rings. The average Bonchev–Trinajstić information content (AvgIpc) is 2.27. The van der Waals surface area contributed by atoms with Crippen LogP contribution in [0.2, 0.25) is 0 Å². The Morgan fingerprint density at radius 1 is 1.12 bits per heavy atom. The summed E-state index contributed by atoms with van der Waals surface area (Å²) in [5.74, 6) is -4.17. The molecule has 0 radical (unpaired) electrons. The molecular weight excluding hydrogens is 230 g/mol. The molecular formula is C12H8F2O3. The van der Waals surface area contributed by atoms with Gasteiger partial charge in [0.25, 0.3) is 5.78 Å². The number of carbonyl (C=O) groups is 2. The van der Waals surface area contributed by atoms with Crippen LogP contribution in [0.25, 0.3) is 6.08 Å². The third-order valence-corrected chi connectivity index (χ3v) is 1.83. The van der Waals surface area contributed by atoms with E-state index in [1.807, 2.05) is 0 Å². The van der Waals surface area contributed by atoms with E-state index in [0.717, 1.165) is 30.4 Å². The molecule has 0 aliphatic heterocycles. The van der Waals surface area contributed by atoms with Gasteiger partial charge in [-0.1, -0.05) is 18.2 Å². The van der Waals surface area contributed by atoms with Crippen molar-refractivity contribution in [2.45, 2.75) is 0 Å². The van der Waals surface area contributed by atoms with Gasteiger partial charge in [-0.05, 0) is 24.3 Å². The van der Waals surface area contributed by atoms with Gasteiger partial charge in [-0.3, -0.25) is 4.79 Å². The van der Waals surface area contributed by atoms with E-state index in [0.29, 0.717) is 0 Å². The van der Waals surface area contributed by atoms with Crippen molar-refractivity contribution in [3.8, 4) is 0 Å². The molecule has 0 saturated heterocycles. The number of ketones is 1. The van der Waals surface area contributed by atoms with Crippen LogP contribution in [0.1, 0.15) is 5.56 Å². The van der Waals surface area contributed by atoms with E-state index in [1.54, 1.807) is 0 Å². The summed E-state index contributed by atoms with van der Waals surface area (Å²) >= 11 is 0. The van der Waals surface area contributed by atoms with Gasteiger partial charge >= 0.3 is 5.97 Å². The van der Waals surface area contributed by atoms with Crippen LogP contribution in [0, 0.1) is 11.6 Å². The van der Waals surface area contributed by atoms with E-state index in [-0.39, 0.29) is 5.56 Å². The topological polar surface area (TPSA) is 54.4 Å². The average molecular weight is 238 g/mol. The number of aliphatic carboxylic acids is 1. The first-order chi connectivity index (χ1) is 8.02.